The van der Waals surface area contributed by atoms with E-state index in [2.05, 4.69) is 31.2 Å². The lowest BCUT2D eigenvalue weighted by molar-refractivity contribution is 0.355. The Morgan fingerprint density at radius 2 is 1.82 bits per heavy atom. The summed E-state index contributed by atoms with van der Waals surface area (Å²) in [5, 5.41) is 3.65. The molecule has 2 aromatic carbocycles. The zero-order chi connectivity index (χ0) is 27.1. The molecule has 0 saturated carbocycles. The quantitative estimate of drug-likeness (QED) is 0.221. The van der Waals surface area contributed by atoms with Gasteiger partial charge in [0, 0.05) is 48.6 Å². The van der Waals surface area contributed by atoms with Gasteiger partial charge in [0.2, 0.25) is 0 Å². The molecule has 3 aromatic rings. The van der Waals surface area contributed by atoms with Crippen LogP contribution in [0.2, 0.25) is 0 Å². The second-order valence-corrected chi connectivity index (χ2v) is 9.27. The van der Waals surface area contributed by atoms with Crippen molar-refractivity contribution in [2.24, 2.45) is 10.7 Å². The maximum Gasteiger partial charge on any atom is 0.161 e. The second kappa shape index (κ2) is 12.3. The average Bonchev–Trinajstić information content (AvgIpc) is 2.96. The van der Waals surface area contributed by atoms with Gasteiger partial charge in [-0.25, -0.2) is 4.98 Å². The first-order valence-corrected chi connectivity index (χ1v) is 12.5. The van der Waals surface area contributed by atoms with E-state index in [9.17, 15) is 0 Å². The fraction of sp³-hybridized carbons (Fsp3) is 0.143. The maximum atomic E-state index is 15.3. The molecule has 0 amide bonds. The van der Waals surface area contributed by atoms with E-state index in [1.54, 1.807) is 45.0 Å². The Hall–Kier alpha value is -4.31. The van der Waals surface area contributed by atoms with Gasteiger partial charge in [-0.15, -0.1) is 0 Å². The number of allylic oxidation sites excluding steroid dienone is 2. The third-order valence-electron chi connectivity index (χ3n) is 5.91. The molecule has 4 rings (SSSR count). The predicted molar refractivity (Wildman–Crippen MR) is 155 cm³/mol. The van der Waals surface area contributed by atoms with Crippen LogP contribution in [0.1, 0.15) is 6.42 Å². The van der Waals surface area contributed by atoms with Crippen LogP contribution in [0.15, 0.2) is 94.1 Å². The number of dihydropyridines is 1. The van der Waals surface area contributed by atoms with E-state index < -0.39 is 0 Å². The molecule has 0 fully saturated rings. The smallest absolute Gasteiger partial charge is 0.161 e. The summed E-state index contributed by atoms with van der Waals surface area (Å²) in [6.07, 6.45) is 8.60. The van der Waals surface area contributed by atoms with Crippen LogP contribution >= 0.6 is 15.9 Å². The van der Waals surface area contributed by atoms with Gasteiger partial charge in [0.25, 0.3) is 0 Å². The zero-order valence-corrected chi connectivity index (χ0v) is 22.6. The van der Waals surface area contributed by atoms with Gasteiger partial charge < -0.3 is 26.3 Å². The molecule has 0 radical (unpaired) electrons. The van der Waals surface area contributed by atoms with Gasteiger partial charge in [0.1, 0.15) is 5.82 Å². The first-order valence-electron chi connectivity index (χ1n) is 11.7. The molecule has 0 spiro atoms. The highest BCUT2D eigenvalue weighted by Crippen LogP contribution is 2.35. The minimum atomic E-state index is 0.379. The molecular formula is C28H28BrFN6O2. The monoisotopic (exact) mass is 578 g/mol. The maximum absolute atomic E-state index is 15.3. The summed E-state index contributed by atoms with van der Waals surface area (Å²) in [6, 6.07) is 14.7. The number of methoxy groups -OCH3 is 2. The van der Waals surface area contributed by atoms with Crippen LogP contribution in [0.25, 0.3) is 22.3 Å². The summed E-state index contributed by atoms with van der Waals surface area (Å²) in [6.45, 7) is 0.419. The molecule has 10 heteroatoms. The minimum absolute atomic E-state index is 0.379. The van der Waals surface area contributed by atoms with E-state index in [1.807, 2.05) is 42.6 Å². The number of hydrogen-bond acceptors (Lipinski definition) is 8. The molecule has 0 unspecified atom stereocenters. The Morgan fingerprint density at radius 1 is 1.08 bits per heavy atom. The number of ether oxygens (including phenoxy) is 2. The van der Waals surface area contributed by atoms with Crippen LogP contribution < -0.4 is 31.4 Å². The number of nitrogens with one attached hydrogen (secondary N) is 1. The number of rotatable bonds is 9. The molecule has 2 heterocycles. The van der Waals surface area contributed by atoms with Crippen LogP contribution in [0.3, 0.4) is 0 Å². The number of nitrogens with two attached hydrogens (primary N) is 2. The number of anilines is 2. The molecule has 0 bridgehead atoms. The van der Waals surface area contributed by atoms with Crippen LogP contribution in [0.4, 0.5) is 16.0 Å². The normalized spacial score (nSPS) is 13.5. The Bertz CT molecular complexity index is 1420. The standard InChI is InChI=1S/C28H28BrFN6O2/c1-37-26-8-5-20(11-27(26)38-2)21-10-25(28(32)35-15-21)19-3-6-23(7-4-19)36(30)24-9-18(14-34-17-24)13-33-16-22(29)12-31/h3-8,10-12,14-17,34H,9,13,31H2,1-2H3,(H2,32,35)/b22-12+,33-16-. The highest BCUT2D eigenvalue weighted by atomic mass is 79.9. The highest BCUT2D eigenvalue weighted by Gasteiger charge is 2.17. The topological polar surface area (TPSA) is 111 Å². The van der Waals surface area contributed by atoms with Crippen molar-refractivity contribution in [3.05, 3.63) is 89.1 Å². The molecule has 5 N–H and O–H groups in total. The van der Waals surface area contributed by atoms with Crippen molar-refractivity contribution < 1.29 is 14.0 Å². The van der Waals surface area contributed by atoms with Crippen molar-refractivity contribution in [1.29, 1.82) is 0 Å². The van der Waals surface area contributed by atoms with Gasteiger partial charge >= 0.3 is 0 Å². The zero-order valence-electron chi connectivity index (χ0n) is 21.0. The number of aliphatic imine (C=N–C) groups is 1. The summed E-state index contributed by atoms with van der Waals surface area (Å²) in [4.78, 5) is 8.69. The summed E-state index contributed by atoms with van der Waals surface area (Å²) in [5.41, 5.74) is 16.7. The predicted octanol–water partition coefficient (Wildman–Crippen LogP) is 5.69. The number of halogens is 2. The summed E-state index contributed by atoms with van der Waals surface area (Å²) < 4.78 is 26.7. The lowest BCUT2D eigenvalue weighted by Gasteiger charge is -2.21. The van der Waals surface area contributed by atoms with Gasteiger partial charge in [-0.2, -0.15) is 5.12 Å². The van der Waals surface area contributed by atoms with Crippen molar-refractivity contribution in [2.45, 2.75) is 6.42 Å². The Morgan fingerprint density at radius 3 is 2.53 bits per heavy atom. The average molecular weight is 579 g/mol. The third-order valence-corrected chi connectivity index (χ3v) is 6.38. The number of nitrogen functional groups attached to an aromatic ring is 1. The van der Waals surface area contributed by atoms with Gasteiger partial charge in [-0.05, 0) is 63.0 Å². The lowest BCUT2D eigenvalue weighted by atomic mass is 10.0. The van der Waals surface area contributed by atoms with Gasteiger partial charge in [-0.3, -0.25) is 4.99 Å². The van der Waals surface area contributed by atoms with E-state index in [0.717, 1.165) is 27.8 Å². The molecule has 8 nitrogen and oxygen atoms in total. The van der Waals surface area contributed by atoms with Crippen molar-refractivity contribution >= 4 is 33.6 Å². The van der Waals surface area contributed by atoms with E-state index in [0.29, 0.717) is 51.3 Å². The Balaban J connectivity index is 1.51. The molecule has 38 heavy (non-hydrogen) atoms. The fourth-order valence-electron chi connectivity index (χ4n) is 3.93. The van der Waals surface area contributed by atoms with Crippen LogP contribution in [-0.4, -0.2) is 32.0 Å². The van der Waals surface area contributed by atoms with Crippen LogP contribution in [0, 0.1) is 0 Å². The molecule has 1 aliphatic rings. The van der Waals surface area contributed by atoms with E-state index in [4.69, 9.17) is 20.9 Å². The summed E-state index contributed by atoms with van der Waals surface area (Å²) in [5.74, 6) is 1.64. The molecule has 0 aliphatic carbocycles. The van der Waals surface area contributed by atoms with E-state index in [1.165, 1.54) is 6.20 Å². The molecule has 0 saturated heterocycles. The number of nitrogens with zero attached hydrogens (tertiary/aromatic N) is 3. The Labute approximate surface area is 229 Å². The van der Waals surface area contributed by atoms with Crippen molar-refractivity contribution in [3.8, 4) is 33.8 Å². The van der Waals surface area contributed by atoms with Gasteiger partial charge in [0.05, 0.1) is 36.6 Å². The van der Waals surface area contributed by atoms with Gasteiger partial charge in [-0.1, -0.05) is 22.7 Å². The summed E-state index contributed by atoms with van der Waals surface area (Å²) in [7, 11) is 3.19. The molecule has 196 valence electrons. The number of pyridine rings is 1. The number of benzene rings is 2. The minimum Gasteiger partial charge on any atom is -0.493 e. The third kappa shape index (κ3) is 6.15. The largest absolute Gasteiger partial charge is 0.493 e. The lowest BCUT2D eigenvalue weighted by Crippen LogP contribution is -2.19. The highest BCUT2D eigenvalue weighted by molar-refractivity contribution is 9.12. The van der Waals surface area contributed by atoms with Gasteiger partial charge in [0.15, 0.2) is 11.5 Å². The first kappa shape index (κ1) is 26.7. The molecule has 1 aromatic heterocycles. The van der Waals surface area contributed by atoms with Crippen molar-refractivity contribution in [1.82, 2.24) is 10.3 Å². The number of hydrogen-bond donors (Lipinski definition) is 3. The first-order chi connectivity index (χ1) is 18.4. The van der Waals surface area contributed by atoms with Crippen molar-refractivity contribution in [2.75, 3.05) is 31.6 Å². The molecule has 1 aliphatic heterocycles. The SMILES string of the molecule is COc1ccc(-c2cnc(N)c(-c3ccc(N(F)C4=CNC=C(C/N=C\C(Br)=C/N)C4)cc3)c2)cc1OC. The summed E-state index contributed by atoms with van der Waals surface area (Å²) >= 11 is 3.27. The number of aromatic nitrogens is 1. The Kier molecular flexibility index (Phi) is 8.65. The molecular weight excluding hydrogens is 551 g/mol. The second-order valence-electron chi connectivity index (χ2n) is 8.36. The fourth-order valence-corrected chi connectivity index (χ4v) is 4.07. The van der Waals surface area contributed by atoms with E-state index >= 15 is 4.48 Å². The van der Waals surface area contributed by atoms with Crippen LogP contribution in [-0.2, 0) is 0 Å². The van der Waals surface area contributed by atoms with E-state index in [-0.39, 0.29) is 0 Å². The molecule has 0 atom stereocenters. The van der Waals surface area contributed by atoms with Crippen molar-refractivity contribution in [3.63, 3.8) is 0 Å². The van der Waals surface area contributed by atoms with Crippen LogP contribution in [0.5, 0.6) is 11.5 Å².